The number of nitrogens with one attached hydrogen (secondary N) is 1. The van der Waals surface area contributed by atoms with Gasteiger partial charge >= 0.3 is 0 Å². The lowest BCUT2D eigenvalue weighted by Gasteiger charge is -2.17. The van der Waals surface area contributed by atoms with Crippen molar-refractivity contribution >= 4 is 0 Å². The van der Waals surface area contributed by atoms with Crippen LogP contribution in [0, 0.1) is 0 Å². The Morgan fingerprint density at radius 1 is 1.22 bits per heavy atom. The van der Waals surface area contributed by atoms with Crippen molar-refractivity contribution in [2.75, 3.05) is 0 Å². The molecule has 94 valence electrons. The van der Waals surface area contributed by atoms with E-state index >= 15 is 0 Å². The minimum atomic E-state index is -0.124. The van der Waals surface area contributed by atoms with Gasteiger partial charge in [-0.2, -0.15) is 0 Å². The summed E-state index contributed by atoms with van der Waals surface area (Å²) in [6.07, 6.45) is 4.09. The number of rotatable bonds is 2. The molecule has 0 aliphatic carbocycles. The Morgan fingerprint density at radius 3 is 2.50 bits per heavy atom. The Balaban J connectivity index is 2.35. The van der Waals surface area contributed by atoms with Crippen LogP contribution in [0.25, 0.3) is 0 Å². The van der Waals surface area contributed by atoms with E-state index in [2.05, 4.69) is 15.0 Å². The third-order valence-corrected chi connectivity index (χ3v) is 2.68. The van der Waals surface area contributed by atoms with Crippen molar-refractivity contribution < 1.29 is 0 Å². The molecule has 0 saturated heterocycles. The first-order valence-electron chi connectivity index (χ1n) is 5.95. The van der Waals surface area contributed by atoms with Crippen LogP contribution in [0.4, 0.5) is 0 Å². The molecule has 4 heteroatoms. The summed E-state index contributed by atoms with van der Waals surface area (Å²) in [6, 6.07) is 5.41. The van der Waals surface area contributed by atoms with Crippen LogP contribution < -0.4 is 5.56 Å². The minimum absolute atomic E-state index is 0.0982. The average Bonchev–Trinajstić information content (AvgIpc) is 2.28. The maximum atomic E-state index is 11.6. The first-order valence-corrected chi connectivity index (χ1v) is 5.95. The number of hydrogen-bond donors (Lipinski definition) is 1. The molecule has 0 aliphatic rings. The first-order chi connectivity index (χ1) is 8.45. The third-order valence-electron chi connectivity index (χ3n) is 2.68. The molecule has 0 fully saturated rings. The van der Waals surface area contributed by atoms with Crippen molar-refractivity contribution in [1.82, 2.24) is 15.0 Å². The molecule has 2 aromatic rings. The van der Waals surface area contributed by atoms with E-state index < -0.39 is 0 Å². The molecule has 2 aromatic heterocycles. The van der Waals surface area contributed by atoms with Crippen LogP contribution in [0.15, 0.2) is 35.4 Å². The molecule has 0 unspecified atom stereocenters. The van der Waals surface area contributed by atoms with Crippen molar-refractivity contribution in [2.24, 2.45) is 0 Å². The SMILES string of the molecule is CC(C)(C)c1cc(=O)[nH]c(Cc2ccncc2)n1. The highest BCUT2D eigenvalue weighted by Crippen LogP contribution is 2.18. The molecule has 0 spiro atoms. The lowest BCUT2D eigenvalue weighted by atomic mass is 9.92. The minimum Gasteiger partial charge on any atom is -0.310 e. The topological polar surface area (TPSA) is 58.6 Å². The number of hydrogen-bond acceptors (Lipinski definition) is 3. The maximum absolute atomic E-state index is 11.6. The Labute approximate surface area is 106 Å². The van der Waals surface area contributed by atoms with E-state index in [1.807, 2.05) is 32.9 Å². The molecule has 2 rings (SSSR count). The van der Waals surface area contributed by atoms with Gasteiger partial charge in [0.05, 0.1) is 5.69 Å². The fourth-order valence-electron chi connectivity index (χ4n) is 1.67. The number of H-pyrrole nitrogens is 1. The van der Waals surface area contributed by atoms with Crippen LogP contribution in [0.3, 0.4) is 0 Å². The standard InChI is InChI=1S/C14H17N3O/c1-14(2,3)11-9-13(18)17-12(16-11)8-10-4-6-15-7-5-10/h4-7,9H,8H2,1-3H3,(H,16,17,18). The zero-order chi connectivity index (χ0) is 13.2. The Morgan fingerprint density at radius 2 is 1.89 bits per heavy atom. The van der Waals surface area contributed by atoms with E-state index in [4.69, 9.17) is 0 Å². The van der Waals surface area contributed by atoms with Crippen LogP contribution in [-0.4, -0.2) is 15.0 Å². The lowest BCUT2D eigenvalue weighted by Crippen LogP contribution is -2.21. The summed E-state index contributed by atoms with van der Waals surface area (Å²) in [5.74, 6) is 0.693. The van der Waals surface area contributed by atoms with Crippen molar-refractivity contribution in [3.63, 3.8) is 0 Å². The van der Waals surface area contributed by atoms with Crippen molar-refractivity contribution in [1.29, 1.82) is 0 Å². The highest BCUT2D eigenvalue weighted by molar-refractivity contribution is 5.18. The van der Waals surface area contributed by atoms with Crippen molar-refractivity contribution in [3.05, 3.63) is 58.0 Å². The van der Waals surface area contributed by atoms with E-state index in [1.165, 1.54) is 0 Å². The van der Waals surface area contributed by atoms with E-state index in [0.717, 1.165) is 11.3 Å². The Hall–Kier alpha value is -1.97. The molecule has 2 heterocycles. The number of aromatic amines is 1. The molecule has 0 radical (unpaired) electrons. The van der Waals surface area contributed by atoms with Gasteiger partial charge in [-0.1, -0.05) is 20.8 Å². The molecule has 0 aromatic carbocycles. The summed E-state index contributed by atoms with van der Waals surface area (Å²) in [5, 5.41) is 0. The molecule has 4 nitrogen and oxygen atoms in total. The average molecular weight is 243 g/mol. The fourth-order valence-corrected chi connectivity index (χ4v) is 1.67. The Bertz CT molecular complexity index is 582. The second-order valence-corrected chi connectivity index (χ2v) is 5.36. The van der Waals surface area contributed by atoms with Crippen molar-refractivity contribution in [3.8, 4) is 0 Å². The molecule has 0 aliphatic heterocycles. The zero-order valence-corrected chi connectivity index (χ0v) is 10.9. The second-order valence-electron chi connectivity index (χ2n) is 5.36. The third kappa shape index (κ3) is 3.03. The summed E-state index contributed by atoms with van der Waals surface area (Å²) in [4.78, 5) is 22.9. The van der Waals surface area contributed by atoms with Gasteiger partial charge in [0, 0.05) is 30.3 Å². The molecule has 18 heavy (non-hydrogen) atoms. The summed E-state index contributed by atoms with van der Waals surface area (Å²) >= 11 is 0. The molecule has 0 amide bonds. The van der Waals surface area contributed by atoms with Gasteiger partial charge in [-0.3, -0.25) is 9.78 Å². The van der Waals surface area contributed by atoms with E-state index in [1.54, 1.807) is 18.5 Å². The quantitative estimate of drug-likeness (QED) is 0.878. The van der Waals surface area contributed by atoms with E-state index in [0.29, 0.717) is 12.2 Å². The van der Waals surface area contributed by atoms with Gasteiger partial charge in [-0.05, 0) is 17.7 Å². The zero-order valence-electron chi connectivity index (χ0n) is 10.9. The highest BCUT2D eigenvalue weighted by Gasteiger charge is 2.17. The summed E-state index contributed by atoms with van der Waals surface area (Å²) in [6.45, 7) is 6.14. The molecular weight excluding hydrogens is 226 g/mol. The number of aromatic nitrogens is 3. The molecule has 0 atom stereocenters. The van der Waals surface area contributed by atoms with Gasteiger partial charge < -0.3 is 4.98 Å². The van der Waals surface area contributed by atoms with Crippen LogP contribution in [0.2, 0.25) is 0 Å². The van der Waals surface area contributed by atoms with Gasteiger partial charge in [-0.25, -0.2) is 4.98 Å². The van der Waals surface area contributed by atoms with Gasteiger partial charge in [0.25, 0.3) is 5.56 Å². The van der Waals surface area contributed by atoms with Gasteiger partial charge in [0.15, 0.2) is 0 Å². The molecule has 0 bridgehead atoms. The normalized spacial score (nSPS) is 11.5. The first kappa shape index (κ1) is 12.5. The smallest absolute Gasteiger partial charge is 0.251 e. The van der Waals surface area contributed by atoms with Crippen molar-refractivity contribution in [2.45, 2.75) is 32.6 Å². The molecule has 1 N–H and O–H groups in total. The van der Waals surface area contributed by atoms with E-state index in [-0.39, 0.29) is 11.0 Å². The van der Waals surface area contributed by atoms with Crippen LogP contribution >= 0.6 is 0 Å². The number of nitrogens with zero attached hydrogens (tertiary/aromatic N) is 2. The summed E-state index contributed by atoms with van der Waals surface area (Å²) < 4.78 is 0. The van der Waals surface area contributed by atoms with Crippen LogP contribution in [0.1, 0.15) is 37.9 Å². The maximum Gasteiger partial charge on any atom is 0.251 e. The van der Waals surface area contributed by atoms with Crippen LogP contribution in [0.5, 0.6) is 0 Å². The van der Waals surface area contributed by atoms with E-state index in [9.17, 15) is 4.79 Å². The number of pyridine rings is 1. The second kappa shape index (κ2) is 4.72. The fraction of sp³-hybridized carbons (Fsp3) is 0.357. The molecule has 0 saturated carbocycles. The van der Waals surface area contributed by atoms with Gasteiger partial charge in [0.2, 0.25) is 0 Å². The predicted molar refractivity (Wildman–Crippen MR) is 70.6 cm³/mol. The highest BCUT2D eigenvalue weighted by atomic mass is 16.1. The lowest BCUT2D eigenvalue weighted by molar-refractivity contribution is 0.561. The van der Waals surface area contributed by atoms with Gasteiger partial charge in [0.1, 0.15) is 5.82 Å². The van der Waals surface area contributed by atoms with Gasteiger partial charge in [-0.15, -0.1) is 0 Å². The largest absolute Gasteiger partial charge is 0.310 e. The summed E-state index contributed by atoms with van der Waals surface area (Å²) in [7, 11) is 0. The Kier molecular flexibility index (Phi) is 3.28. The van der Waals surface area contributed by atoms with Crippen LogP contribution in [-0.2, 0) is 11.8 Å². The summed E-state index contributed by atoms with van der Waals surface area (Å²) in [5.41, 5.74) is 1.68. The predicted octanol–water partition coefficient (Wildman–Crippen LogP) is 2.05. The monoisotopic (exact) mass is 243 g/mol. The molecular formula is C14H17N3O.